The lowest BCUT2D eigenvalue weighted by Crippen LogP contribution is -3.00. The minimum atomic E-state index is -0.510. The summed E-state index contributed by atoms with van der Waals surface area (Å²) in [6.07, 6.45) is 25.8. The van der Waals surface area contributed by atoms with Gasteiger partial charge in [0.2, 0.25) is 6.17 Å². The van der Waals surface area contributed by atoms with Gasteiger partial charge in [-0.3, -0.25) is 9.80 Å². The largest absolute Gasteiger partial charge is 1.00 e. The summed E-state index contributed by atoms with van der Waals surface area (Å²) in [4.78, 5) is 24.1. The summed E-state index contributed by atoms with van der Waals surface area (Å²) in [6.45, 7) is 3.79. The molecule has 2 aliphatic heterocycles. The Morgan fingerprint density at radius 2 is 1.35 bits per heavy atom. The standard InChI is InChI=1S/C31H55N3O5.HI/c1-4-5-6-7-8-9-10-11-12-13-14-15-16-17-18-20-23-32-30(35)38-25-27(37-3)26-39-31(36)33-29-28-22-19-21-24-34(28,29)2;/h19,21-22,27,29H,4-18,20,23-26H2,1-3H3,(H-,32,33,35,36);1H. The third-order valence-corrected chi connectivity index (χ3v) is 7.95. The predicted octanol–water partition coefficient (Wildman–Crippen LogP) is 3.96. The van der Waals surface area contributed by atoms with Gasteiger partial charge < -0.3 is 43.5 Å². The van der Waals surface area contributed by atoms with E-state index in [-0.39, 0.29) is 43.4 Å². The number of quaternary nitrogens is 1. The molecule has 9 heteroatoms. The molecule has 2 heterocycles. The molecule has 0 bridgehead atoms. The van der Waals surface area contributed by atoms with E-state index in [1.165, 1.54) is 103 Å². The lowest BCUT2D eigenvalue weighted by molar-refractivity contribution is -0.768. The number of unbranched alkanes of at least 4 members (excludes halogenated alkanes) is 15. The molecule has 3 atom stereocenters. The molecule has 3 unspecified atom stereocenters. The number of alkyl carbamates (subject to hydrolysis) is 2. The first-order valence-corrected chi connectivity index (χ1v) is 15.6. The highest BCUT2D eigenvalue weighted by atomic mass is 127. The number of halogens is 1. The van der Waals surface area contributed by atoms with Crippen LogP contribution in [-0.4, -0.2) is 69.4 Å². The van der Waals surface area contributed by atoms with E-state index in [1.807, 2.05) is 12.2 Å². The number of ether oxygens (including phenoxy) is 3. The molecule has 232 valence electrons. The Bertz CT molecular complexity index is 763. The Balaban J connectivity index is 0.00000800. The van der Waals surface area contributed by atoms with Gasteiger partial charge in [-0.2, -0.15) is 0 Å². The van der Waals surface area contributed by atoms with Gasteiger partial charge >= 0.3 is 12.2 Å². The summed E-state index contributed by atoms with van der Waals surface area (Å²) < 4.78 is 16.5. The van der Waals surface area contributed by atoms with E-state index in [2.05, 4.69) is 30.7 Å². The molecule has 2 aliphatic rings. The zero-order chi connectivity index (χ0) is 28.2. The smallest absolute Gasteiger partial charge is 0.412 e. The summed E-state index contributed by atoms with van der Waals surface area (Å²) in [6, 6.07) is 0. The monoisotopic (exact) mass is 677 g/mol. The van der Waals surface area contributed by atoms with Gasteiger partial charge in [0, 0.05) is 19.7 Å². The number of allylic oxidation sites excluding steroid dienone is 2. The molecule has 8 nitrogen and oxygen atoms in total. The molecular weight excluding hydrogens is 621 g/mol. The van der Waals surface area contributed by atoms with Gasteiger partial charge in [0.15, 0.2) is 5.70 Å². The number of hydrogen-bond acceptors (Lipinski definition) is 5. The number of likely N-dealkylation sites (N-methyl/N-ethyl adjacent to an activating group) is 1. The van der Waals surface area contributed by atoms with Gasteiger partial charge in [0.25, 0.3) is 0 Å². The van der Waals surface area contributed by atoms with Crippen LogP contribution < -0.4 is 34.6 Å². The van der Waals surface area contributed by atoms with Crippen molar-refractivity contribution in [1.82, 2.24) is 10.6 Å². The Kier molecular flexibility index (Phi) is 20.4. The van der Waals surface area contributed by atoms with Crippen LogP contribution in [0, 0.1) is 0 Å². The molecule has 2 rings (SSSR count). The molecule has 0 saturated carbocycles. The first kappa shape index (κ1) is 36.7. The fourth-order valence-corrected chi connectivity index (χ4v) is 5.17. The number of carbonyl (C=O) groups excluding carboxylic acids is 2. The maximum Gasteiger partial charge on any atom is 0.412 e. The Morgan fingerprint density at radius 3 is 1.82 bits per heavy atom. The van der Waals surface area contributed by atoms with E-state index in [4.69, 9.17) is 14.2 Å². The van der Waals surface area contributed by atoms with Crippen LogP contribution in [0.15, 0.2) is 23.9 Å². The molecule has 0 aliphatic carbocycles. The van der Waals surface area contributed by atoms with Crippen LogP contribution in [-0.2, 0) is 14.2 Å². The van der Waals surface area contributed by atoms with Crippen molar-refractivity contribution in [3.8, 4) is 0 Å². The zero-order valence-corrected chi connectivity index (χ0v) is 27.6. The average Bonchev–Trinajstić information content (AvgIpc) is 3.53. The second-order valence-electron chi connectivity index (χ2n) is 11.3. The maximum absolute atomic E-state index is 12.2. The molecule has 1 fully saturated rings. The molecule has 1 saturated heterocycles. The third kappa shape index (κ3) is 15.1. The van der Waals surface area contributed by atoms with Crippen LogP contribution >= 0.6 is 0 Å². The number of fused-ring (bicyclic) bond motifs is 1. The Morgan fingerprint density at radius 1 is 0.850 bits per heavy atom. The van der Waals surface area contributed by atoms with E-state index in [0.29, 0.717) is 11.0 Å². The minimum Gasteiger partial charge on any atom is -1.00 e. The van der Waals surface area contributed by atoms with Crippen molar-refractivity contribution < 1.29 is 52.3 Å². The number of carbonyl (C=O) groups is 2. The van der Waals surface area contributed by atoms with Crippen molar-refractivity contribution in [3.05, 3.63) is 23.9 Å². The van der Waals surface area contributed by atoms with Crippen molar-refractivity contribution in [2.24, 2.45) is 0 Å². The number of methoxy groups -OCH3 is 1. The minimum absolute atomic E-state index is 0. The van der Waals surface area contributed by atoms with Gasteiger partial charge in [-0.25, -0.2) is 9.59 Å². The lowest BCUT2D eigenvalue weighted by atomic mass is 10.0. The highest BCUT2D eigenvalue weighted by Crippen LogP contribution is 2.41. The number of nitrogens with zero attached hydrogens (tertiary/aromatic N) is 1. The van der Waals surface area contributed by atoms with Crippen molar-refractivity contribution in [2.45, 2.75) is 122 Å². The number of rotatable bonds is 23. The van der Waals surface area contributed by atoms with Crippen LogP contribution in [0.1, 0.15) is 110 Å². The Hall–Kier alpha value is -1.33. The van der Waals surface area contributed by atoms with Crippen LogP contribution in [0.2, 0.25) is 0 Å². The molecule has 0 radical (unpaired) electrons. The quantitative estimate of drug-likeness (QED) is 0.0741. The molecule has 0 spiro atoms. The van der Waals surface area contributed by atoms with Crippen LogP contribution in [0.25, 0.3) is 0 Å². The second kappa shape index (κ2) is 22.3. The van der Waals surface area contributed by atoms with Gasteiger partial charge in [0.1, 0.15) is 25.9 Å². The van der Waals surface area contributed by atoms with E-state index in [9.17, 15) is 9.59 Å². The van der Waals surface area contributed by atoms with Gasteiger partial charge in [-0.05, 0) is 12.5 Å². The molecular formula is C31H56IN3O5. The third-order valence-electron chi connectivity index (χ3n) is 7.95. The van der Waals surface area contributed by atoms with Crippen molar-refractivity contribution in [3.63, 3.8) is 0 Å². The Labute approximate surface area is 260 Å². The van der Waals surface area contributed by atoms with Crippen molar-refractivity contribution in [2.75, 3.05) is 40.5 Å². The van der Waals surface area contributed by atoms with Crippen LogP contribution in [0.4, 0.5) is 9.59 Å². The molecule has 0 aromatic heterocycles. The number of amides is 2. The van der Waals surface area contributed by atoms with Crippen LogP contribution in [0.3, 0.4) is 0 Å². The number of nitrogens with one attached hydrogen (secondary N) is 2. The number of hydrogen-bond donors (Lipinski definition) is 2. The zero-order valence-electron chi connectivity index (χ0n) is 25.4. The molecule has 0 aromatic rings. The summed E-state index contributed by atoms with van der Waals surface area (Å²) in [5.74, 6) is 0. The summed E-state index contributed by atoms with van der Waals surface area (Å²) in [7, 11) is 3.58. The van der Waals surface area contributed by atoms with Crippen molar-refractivity contribution in [1.29, 1.82) is 0 Å². The fourth-order valence-electron chi connectivity index (χ4n) is 5.17. The lowest BCUT2D eigenvalue weighted by Gasteiger charge is -2.16. The van der Waals surface area contributed by atoms with E-state index >= 15 is 0 Å². The summed E-state index contributed by atoms with van der Waals surface area (Å²) in [5, 5.41) is 5.67. The summed E-state index contributed by atoms with van der Waals surface area (Å²) in [5.41, 5.74) is 1.17. The van der Waals surface area contributed by atoms with Crippen LogP contribution in [0.5, 0.6) is 0 Å². The normalized spacial score (nSPS) is 19.6. The van der Waals surface area contributed by atoms with Crippen molar-refractivity contribution >= 4 is 12.2 Å². The van der Waals surface area contributed by atoms with Gasteiger partial charge in [-0.1, -0.05) is 109 Å². The highest BCUT2D eigenvalue weighted by Gasteiger charge is 2.60. The first-order chi connectivity index (χ1) is 19.0. The molecule has 0 aromatic carbocycles. The van der Waals surface area contributed by atoms with E-state index in [1.54, 1.807) is 0 Å². The first-order valence-electron chi connectivity index (χ1n) is 15.6. The fraction of sp³-hybridized carbons (Fsp3) is 0.806. The molecule has 2 amide bonds. The predicted molar refractivity (Wildman–Crippen MR) is 156 cm³/mol. The summed E-state index contributed by atoms with van der Waals surface area (Å²) >= 11 is 0. The van der Waals surface area contributed by atoms with Gasteiger partial charge in [0.05, 0.1) is 7.05 Å². The van der Waals surface area contributed by atoms with E-state index in [0.717, 1.165) is 19.4 Å². The second-order valence-corrected chi connectivity index (χ2v) is 11.3. The topological polar surface area (TPSA) is 85.9 Å². The van der Waals surface area contributed by atoms with Gasteiger partial charge in [-0.15, -0.1) is 0 Å². The molecule has 40 heavy (non-hydrogen) atoms. The SMILES string of the molecule is CCCCCCCCCCCCCCCCCCNC(=O)OCC(COC(=O)NC1C2=CC=CC[N+]21C)OC.[I-]. The highest BCUT2D eigenvalue weighted by molar-refractivity contribution is 5.68. The average molecular weight is 678 g/mol. The molecule has 2 N–H and O–H groups in total. The van der Waals surface area contributed by atoms with E-state index < -0.39 is 18.3 Å². The maximum atomic E-state index is 12.2.